The molecule has 0 radical (unpaired) electrons. The Bertz CT molecular complexity index is 1550. The Morgan fingerprint density at radius 3 is 2.39 bits per heavy atom. The van der Waals surface area contributed by atoms with E-state index in [4.69, 9.17) is 21.1 Å². The maximum absolute atomic E-state index is 14.4. The van der Waals surface area contributed by atoms with Gasteiger partial charge in [0.15, 0.2) is 23.6 Å². The van der Waals surface area contributed by atoms with Gasteiger partial charge in [0.1, 0.15) is 30.0 Å². The summed E-state index contributed by atoms with van der Waals surface area (Å²) in [6, 6.07) is 1.55. The molecule has 46 heavy (non-hydrogen) atoms. The summed E-state index contributed by atoms with van der Waals surface area (Å²) in [4.78, 5) is 15.4. The highest BCUT2D eigenvalue weighted by Crippen LogP contribution is 2.39. The second kappa shape index (κ2) is 13.4. The van der Waals surface area contributed by atoms with Gasteiger partial charge in [-0.3, -0.25) is 4.79 Å². The zero-order valence-electron chi connectivity index (χ0n) is 24.0. The highest BCUT2D eigenvalue weighted by Gasteiger charge is 2.52. The van der Waals surface area contributed by atoms with Crippen LogP contribution in [0.5, 0.6) is 0 Å². The molecule has 2 fully saturated rings. The minimum atomic E-state index is -4.83. The van der Waals surface area contributed by atoms with E-state index < -0.39 is 84.3 Å². The maximum atomic E-state index is 14.4. The lowest BCUT2D eigenvalue weighted by atomic mass is 9.88. The van der Waals surface area contributed by atoms with Crippen molar-refractivity contribution in [3.8, 4) is 11.3 Å². The zero-order chi connectivity index (χ0) is 33.5. The fourth-order valence-corrected chi connectivity index (χ4v) is 6.24. The lowest BCUT2D eigenvalue weighted by molar-refractivity contribution is -0.211. The van der Waals surface area contributed by atoms with Crippen molar-refractivity contribution in [1.29, 1.82) is 0 Å². The van der Waals surface area contributed by atoms with Gasteiger partial charge >= 0.3 is 6.18 Å². The molecule has 1 aliphatic heterocycles. The molecule has 1 saturated carbocycles. The molecule has 1 aliphatic carbocycles. The molecule has 7 atom stereocenters. The first kappa shape index (κ1) is 34.1. The van der Waals surface area contributed by atoms with Crippen molar-refractivity contribution in [2.75, 3.05) is 18.6 Å². The molecule has 2 aromatic carbocycles. The van der Waals surface area contributed by atoms with Crippen LogP contribution in [0.1, 0.15) is 37.3 Å². The van der Waals surface area contributed by atoms with Gasteiger partial charge in [-0.15, -0.1) is 5.10 Å². The van der Waals surface area contributed by atoms with Gasteiger partial charge in [0.25, 0.3) is 5.91 Å². The van der Waals surface area contributed by atoms with Crippen LogP contribution in [0.25, 0.3) is 11.3 Å². The van der Waals surface area contributed by atoms with Crippen LogP contribution in [-0.4, -0.2) is 86.5 Å². The smallest absolute Gasteiger partial charge is 0.394 e. The molecule has 0 spiro atoms. The normalized spacial score (nSPS) is 27.1. The van der Waals surface area contributed by atoms with Gasteiger partial charge in [0, 0.05) is 23.4 Å². The molecule has 0 unspecified atom stereocenters. The van der Waals surface area contributed by atoms with Gasteiger partial charge in [-0.25, -0.2) is 17.9 Å². The summed E-state index contributed by atoms with van der Waals surface area (Å²) in [5.74, 6) is -5.64. The third kappa shape index (κ3) is 6.59. The van der Waals surface area contributed by atoms with Crippen molar-refractivity contribution in [1.82, 2.24) is 15.0 Å². The first-order valence-corrected chi connectivity index (χ1v) is 14.6. The first-order valence-electron chi connectivity index (χ1n) is 14.2. The number of aliphatic hydroxyl groups is 3. The molecule has 2 aliphatic rings. The second-order valence-corrected chi connectivity index (χ2v) is 11.6. The SMILES string of the molecule is CO[C@@H]1[C@@H](n2cc(-c3cc(F)c(F)c(F)c3)nn2)[C@@H](O)[C@@H](CO)O[C@H]1C(=O)N(c1cc(Cl)cc(C(F)(F)F)c1)[C@H]1CCCC[C@@H]1O. The number of anilines is 1. The predicted octanol–water partition coefficient (Wildman–Crippen LogP) is 4.05. The molecule has 3 aromatic rings. The number of halogens is 7. The molecule has 17 heteroatoms. The van der Waals surface area contributed by atoms with Crippen molar-refractivity contribution in [3.63, 3.8) is 0 Å². The number of methoxy groups -OCH3 is 1. The number of benzene rings is 2. The number of carbonyl (C=O) groups excluding carboxylic acids is 1. The maximum Gasteiger partial charge on any atom is 0.416 e. The first-order chi connectivity index (χ1) is 21.7. The van der Waals surface area contributed by atoms with Gasteiger partial charge in [-0.1, -0.05) is 29.7 Å². The average molecular weight is 679 g/mol. The molecular formula is C29H29ClF6N4O6. The number of aliphatic hydroxyl groups excluding tert-OH is 3. The Kier molecular flexibility index (Phi) is 9.96. The molecule has 1 saturated heterocycles. The van der Waals surface area contributed by atoms with E-state index in [0.29, 0.717) is 31.0 Å². The number of ether oxygens (including phenoxy) is 2. The minimum Gasteiger partial charge on any atom is -0.394 e. The Labute approximate surface area is 263 Å². The van der Waals surface area contributed by atoms with Crippen molar-refractivity contribution in [3.05, 3.63) is 64.6 Å². The Morgan fingerprint density at radius 2 is 1.78 bits per heavy atom. The Hall–Kier alpha value is -3.28. The number of nitrogens with zero attached hydrogens (tertiary/aromatic N) is 4. The second-order valence-electron chi connectivity index (χ2n) is 11.1. The number of amides is 1. The zero-order valence-corrected chi connectivity index (χ0v) is 24.8. The summed E-state index contributed by atoms with van der Waals surface area (Å²) in [7, 11) is 1.16. The third-order valence-electron chi connectivity index (χ3n) is 8.23. The van der Waals surface area contributed by atoms with Crippen LogP contribution in [0.15, 0.2) is 36.5 Å². The predicted molar refractivity (Wildman–Crippen MR) is 149 cm³/mol. The number of hydrogen-bond donors (Lipinski definition) is 3. The third-order valence-corrected chi connectivity index (χ3v) is 8.45. The molecule has 2 heterocycles. The summed E-state index contributed by atoms with van der Waals surface area (Å²) in [5, 5.41) is 39.6. The Morgan fingerprint density at radius 1 is 1.11 bits per heavy atom. The van der Waals surface area contributed by atoms with Crippen LogP contribution in [0.2, 0.25) is 5.02 Å². The van der Waals surface area contributed by atoms with Crippen molar-refractivity contribution in [2.45, 2.75) is 74.5 Å². The lowest BCUT2D eigenvalue weighted by Gasteiger charge is -2.46. The molecule has 1 amide bonds. The van der Waals surface area contributed by atoms with Crippen LogP contribution in [0.3, 0.4) is 0 Å². The van der Waals surface area contributed by atoms with Crippen molar-refractivity contribution in [2.24, 2.45) is 0 Å². The van der Waals surface area contributed by atoms with Crippen LogP contribution >= 0.6 is 11.6 Å². The molecule has 0 bridgehead atoms. The summed E-state index contributed by atoms with van der Waals surface area (Å²) >= 11 is 6.06. The molecule has 10 nitrogen and oxygen atoms in total. The van der Waals surface area contributed by atoms with E-state index in [0.717, 1.165) is 35.0 Å². The fourth-order valence-electron chi connectivity index (χ4n) is 6.01. The number of carbonyl (C=O) groups is 1. The largest absolute Gasteiger partial charge is 0.416 e. The highest BCUT2D eigenvalue weighted by atomic mass is 35.5. The minimum absolute atomic E-state index is 0.152. The van der Waals surface area contributed by atoms with E-state index >= 15 is 0 Å². The van der Waals surface area contributed by atoms with Gasteiger partial charge in [-0.2, -0.15) is 13.2 Å². The lowest BCUT2D eigenvalue weighted by Crippen LogP contribution is -2.63. The number of aromatic nitrogens is 3. The van der Waals surface area contributed by atoms with Gasteiger partial charge in [0.05, 0.1) is 30.5 Å². The number of alkyl halides is 3. The van der Waals surface area contributed by atoms with Crippen molar-refractivity contribution < 1.29 is 55.9 Å². The quantitative estimate of drug-likeness (QED) is 0.252. The van der Waals surface area contributed by atoms with E-state index in [9.17, 15) is 46.5 Å². The molecule has 3 N–H and O–H groups in total. The standard InChI is InChI=1S/C29H29ClF6N4O6/c1-45-26-24(39-11-19(37-38-39)13-6-17(31)23(33)18(32)7-13)25(43)22(12-41)46-27(26)28(44)40(20-4-2-3-5-21(20)42)16-9-14(29(34,35)36)8-15(30)10-16/h6-11,20-22,24-27,41-43H,2-5,12H2,1H3/t20-,21-,22+,24-,25-,26+,27+/m0/s1. The Balaban J connectivity index is 1.57. The summed E-state index contributed by atoms with van der Waals surface area (Å²) < 4.78 is 95.1. The summed E-state index contributed by atoms with van der Waals surface area (Å²) in [5.41, 5.74) is -1.78. The van der Waals surface area contributed by atoms with E-state index in [-0.39, 0.29) is 34.8 Å². The van der Waals surface area contributed by atoms with Gasteiger partial charge in [0.2, 0.25) is 0 Å². The molecular weight excluding hydrogens is 650 g/mol. The number of rotatable bonds is 7. The monoisotopic (exact) mass is 678 g/mol. The molecule has 250 valence electrons. The topological polar surface area (TPSA) is 130 Å². The fraction of sp³-hybridized carbons (Fsp3) is 0.483. The van der Waals surface area contributed by atoms with E-state index in [1.165, 1.54) is 0 Å². The highest BCUT2D eigenvalue weighted by molar-refractivity contribution is 6.31. The van der Waals surface area contributed by atoms with Gasteiger partial charge in [-0.05, 0) is 43.2 Å². The van der Waals surface area contributed by atoms with E-state index in [2.05, 4.69) is 10.3 Å². The van der Waals surface area contributed by atoms with Crippen LogP contribution in [-0.2, 0) is 20.4 Å². The summed E-state index contributed by atoms with van der Waals surface area (Å²) in [6.45, 7) is -0.824. The molecule has 5 rings (SSSR count). The van der Waals surface area contributed by atoms with Crippen molar-refractivity contribution >= 4 is 23.2 Å². The van der Waals surface area contributed by atoms with Crippen LogP contribution < -0.4 is 4.90 Å². The summed E-state index contributed by atoms with van der Waals surface area (Å²) in [6.07, 6.45) is -9.39. The number of hydrogen-bond acceptors (Lipinski definition) is 8. The van der Waals surface area contributed by atoms with Crippen LogP contribution in [0.4, 0.5) is 32.0 Å². The molecule has 1 aromatic heterocycles. The average Bonchev–Trinajstić information content (AvgIpc) is 3.49. The van der Waals surface area contributed by atoms with Gasteiger partial charge < -0.3 is 29.7 Å². The van der Waals surface area contributed by atoms with Crippen LogP contribution in [0, 0.1) is 17.5 Å². The van der Waals surface area contributed by atoms with E-state index in [1.807, 2.05) is 0 Å². The van der Waals surface area contributed by atoms with E-state index in [1.54, 1.807) is 0 Å².